The van der Waals surface area contributed by atoms with E-state index in [1.54, 1.807) is 13.1 Å². The van der Waals surface area contributed by atoms with E-state index in [0.29, 0.717) is 17.0 Å². The van der Waals surface area contributed by atoms with Crippen molar-refractivity contribution in [3.8, 4) is 6.07 Å². The number of aromatic nitrogens is 1. The van der Waals surface area contributed by atoms with Crippen LogP contribution >= 0.6 is 0 Å². The van der Waals surface area contributed by atoms with Gasteiger partial charge in [-0.2, -0.15) is 5.26 Å². The molecule has 0 unspecified atom stereocenters. The molecule has 1 heterocycles. The van der Waals surface area contributed by atoms with E-state index in [1.165, 1.54) is 6.92 Å². The molecule has 1 rings (SSSR count). The molecule has 1 aromatic heterocycles. The van der Waals surface area contributed by atoms with Crippen molar-refractivity contribution in [2.24, 2.45) is 5.16 Å². The summed E-state index contributed by atoms with van der Waals surface area (Å²) in [6.07, 6.45) is 1.71. The molecule has 78 valence electrons. The summed E-state index contributed by atoms with van der Waals surface area (Å²) in [5.41, 5.74) is 2.40. The van der Waals surface area contributed by atoms with E-state index in [0.717, 1.165) is 5.56 Å². The van der Waals surface area contributed by atoms with Gasteiger partial charge < -0.3 is 9.82 Å². The van der Waals surface area contributed by atoms with Gasteiger partial charge in [0.25, 0.3) is 0 Å². The molecule has 1 aromatic rings. The molecule has 5 nitrogen and oxygen atoms in total. The van der Waals surface area contributed by atoms with Crippen molar-refractivity contribution >= 4 is 11.7 Å². The fourth-order valence-electron chi connectivity index (χ4n) is 1.13. The van der Waals surface area contributed by atoms with Crippen LogP contribution in [0.1, 0.15) is 30.7 Å². The maximum absolute atomic E-state index is 10.5. The Labute approximate surface area is 87.3 Å². The summed E-state index contributed by atoms with van der Waals surface area (Å²) in [6.45, 7) is 4.74. The molecule has 0 aliphatic carbocycles. The first-order valence-corrected chi connectivity index (χ1v) is 4.37. The molecule has 0 aliphatic heterocycles. The van der Waals surface area contributed by atoms with Gasteiger partial charge in [-0.25, -0.2) is 4.79 Å². The summed E-state index contributed by atoms with van der Waals surface area (Å²) in [4.78, 5) is 17.9. The number of nitrogens with one attached hydrogen (secondary N) is 1. The number of rotatable bonds is 2. The maximum atomic E-state index is 10.5. The molecule has 0 aromatic carbocycles. The fraction of sp³-hybridized carbons (Fsp3) is 0.300. The topological polar surface area (TPSA) is 78.2 Å². The fourth-order valence-corrected chi connectivity index (χ4v) is 1.13. The Balaban J connectivity index is 3.01. The predicted octanol–water partition coefficient (Wildman–Crippen LogP) is 1.48. The predicted molar refractivity (Wildman–Crippen MR) is 54.2 cm³/mol. The quantitative estimate of drug-likeness (QED) is 0.451. The number of aromatic amines is 1. The molecule has 0 saturated heterocycles. The van der Waals surface area contributed by atoms with Crippen molar-refractivity contribution in [1.82, 2.24) is 4.98 Å². The molecule has 0 aliphatic rings. The van der Waals surface area contributed by atoms with Crippen molar-refractivity contribution < 1.29 is 9.63 Å². The lowest BCUT2D eigenvalue weighted by molar-refractivity contribution is -0.140. The van der Waals surface area contributed by atoms with Crippen LogP contribution in [-0.2, 0) is 9.63 Å². The van der Waals surface area contributed by atoms with Crippen LogP contribution in [-0.4, -0.2) is 16.7 Å². The Hall–Kier alpha value is -2.09. The molecule has 0 bridgehead atoms. The first kappa shape index (κ1) is 11.0. The third-order valence-corrected chi connectivity index (χ3v) is 1.86. The second kappa shape index (κ2) is 4.42. The van der Waals surface area contributed by atoms with Crippen molar-refractivity contribution in [3.63, 3.8) is 0 Å². The highest BCUT2D eigenvalue weighted by Crippen LogP contribution is 2.12. The van der Waals surface area contributed by atoms with Crippen LogP contribution < -0.4 is 0 Å². The van der Waals surface area contributed by atoms with Gasteiger partial charge in [-0.15, -0.1) is 0 Å². The highest BCUT2D eigenvalue weighted by atomic mass is 16.7. The Morgan fingerprint density at radius 1 is 1.60 bits per heavy atom. The van der Waals surface area contributed by atoms with Crippen molar-refractivity contribution in [1.29, 1.82) is 5.26 Å². The van der Waals surface area contributed by atoms with E-state index >= 15 is 0 Å². The molecular formula is C10H11N3O2. The molecule has 0 atom stereocenters. The molecule has 0 radical (unpaired) electrons. The van der Waals surface area contributed by atoms with Crippen LogP contribution in [0.4, 0.5) is 0 Å². The van der Waals surface area contributed by atoms with Gasteiger partial charge in [-0.3, -0.25) is 0 Å². The molecule has 1 N–H and O–H groups in total. The number of aryl methyl sites for hydroxylation is 1. The van der Waals surface area contributed by atoms with E-state index in [9.17, 15) is 4.79 Å². The smallest absolute Gasteiger partial charge is 0.331 e. The zero-order valence-electron chi connectivity index (χ0n) is 8.79. The molecule has 5 heteroatoms. The van der Waals surface area contributed by atoms with Crippen LogP contribution in [0, 0.1) is 18.3 Å². The zero-order chi connectivity index (χ0) is 11.4. The summed E-state index contributed by atoms with van der Waals surface area (Å²) >= 11 is 0. The Kier molecular flexibility index (Phi) is 3.24. The number of hydrogen-bond acceptors (Lipinski definition) is 4. The van der Waals surface area contributed by atoms with Crippen LogP contribution in [0.3, 0.4) is 0 Å². The van der Waals surface area contributed by atoms with E-state index in [2.05, 4.69) is 21.0 Å². The van der Waals surface area contributed by atoms with Crippen molar-refractivity contribution in [2.75, 3.05) is 0 Å². The van der Waals surface area contributed by atoms with Crippen LogP contribution in [0.25, 0.3) is 0 Å². The summed E-state index contributed by atoms with van der Waals surface area (Å²) < 4.78 is 0. The normalized spacial score (nSPS) is 10.9. The lowest BCUT2D eigenvalue weighted by Crippen LogP contribution is -2.01. The largest absolute Gasteiger partial charge is 0.359 e. The minimum Gasteiger partial charge on any atom is -0.359 e. The monoisotopic (exact) mass is 205 g/mol. The van der Waals surface area contributed by atoms with Gasteiger partial charge in [-0.05, 0) is 19.4 Å². The second-order valence-corrected chi connectivity index (χ2v) is 3.09. The molecule has 15 heavy (non-hydrogen) atoms. The van der Waals surface area contributed by atoms with Crippen molar-refractivity contribution in [2.45, 2.75) is 20.8 Å². The minimum absolute atomic E-state index is 0.467. The van der Waals surface area contributed by atoms with Crippen molar-refractivity contribution in [3.05, 3.63) is 23.0 Å². The molecular weight excluding hydrogens is 194 g/mol. The van der Waals surface area contributed by atoms with Crippen LogP contribution in [0.5, 0.6) is 0 Å². The summed E-state index contributed by atoms with van der Waals surface area (Å²) in [6, 6.07) is 2.06. The Bertz CT molecular complexity index is 452. The number of oxime groups is 1. The number of H-pyrrole nitrogens is 1. The number of hydrogen-bond donors (Lipinski definition) is 1. The first-order valence-electron chi connectivity index (χ1n) is 4.37. The van der Waals surface area contributed by atoms with E-state index < -0.39 is 5.97 Å². The standard InChI is InChI=1S/C10H11N3O2/c1-6-5-12-10(9(6)4-11)7(2)13-15-8(3)14/h5,12H,1-3H3. The zero-order valence-corrected chi connectivity index (χ0v) is 8.79. The summed E-state index contributed by atoms with van der Waals surface area (Å²) in [5.74, 6) is -0.490. The van der Waals surface area contributed by atoms with Gasteiger partial charge in [-0.1, -0.05) is 5.16 Å². The minimum atomic E-state index is -0.490. The SMILES string of the molecule is CC(=O)ON=C(C)c1[nH]cc(C)c1C#N. The van der Waals surface area contributed by atoms with Gasteiger partial charge in [0, 0.05) is 13.1 Å². The van der Waals surface area contributed by atoms with Gasteiger partial charge in [0.2, 0.25) is 0 Å². The third kappa shape index (κ3) is 2.44. The van der Waals surface area contributed by atoms with Gasteiger partial charge in [0.15, 0.2) is 0 Å². The van der Waals surface area contributed by atoms with Gasteiger partial charge in [0.1, 0.15) is 11.8 Å². The number of nitriles is 1. The van der Waals surface area contributed by atoms with Gasteiger partial charge >= 0.3 is 5.97 Å². The van der Waals surface area contributed by atoms with E-state index in [1.807, 2.05) is 6.92 Å². The number of carbonyl (C=O) groups excluding carboxylic acids is 1. The lowest BCUT2D eigenvalue weighted by atomic mass is 10.1. The molecule has 0 spiro atoms. The lowest BCUT2D eigenvalue weighted by Gasteiger charge is -1.97. The summed E-state index contributed by atoms with van der Waals surface area (Å²) in [5, 5.41) is 12.5. The third-order valence-electron chi connectivity index (χ3n) is 1.86. The van der Waals surface area contributed by atoms with E-state index in [-0.39, 0.29) is 0 Å². The van der Waals surface area contributed by atoms with Gasteiger partial charge in [0.05, 0.1) is 11.3 Å². The maximum Gasteiger partial charge on any atom is 0.331 e. The number of carbonyl (C=O) groups is 1. The first-order chi connectivity index (χ1) is 7.06. The summed E-state index contributed by atoms with van der Waals surface area (Å²) in [7, 11) is 0. The average molecular weight is 205 g/mol. The highest BCUT2D eigenvalue weighted by molar-refractivity contribution is 5.99. The average Bonchev–Trinajstić information content (AvgIpc) is 2.55. The van der Waals surface area contributed by atoms with Crippen LogP contribution in [0.15, 0.2) is 11.4 Å². The second-order valence-electron chi connectivity index (χ2n) is 3.09. The number of nitrogens with zero attached hydrogens (tertiary/aromatic N) is 2. The Morgan fingerprint density at radius 2 is 2.27 bits per heavy atom. The molecule has 0 amide bonds. The highest BCUT2D eigenvalue weighted by Gasteiger charge is 2.10. The molecule has 0 fully saturated rings. The molecule has 0 saturated carbocycles. The Morgan fingerprint density at radius 3 is 2.80 bits per heavy atom. The van der Waals surface area contributed by atoms with E-state index in [4.69, 9.17) is 5.26 Å². The van der Waals surface area contributed by atoms with Crippen LogP contribution in [0.2, 0.25) is 0 Å².